The third-order valence-electron chi connectivity index (χ3n) is 4.42. The Morgan fingerprint density at radius 2 is 1.80 bits per heavy atom. The molecule has 0 fully saturated rings. The number of fused-ring (bicyclic) bond motifs is 1. The van der Waals surface area contributed by atoms with Crippen molar-refractivity contribution in [2.24, 2.45) is 4.99 Å². The van der Waals surface area contributed by atoms with Crippen molar-refractivity contribution in [3.63, 3.8) is 0 Å². The van der Waals surface area contributed by atoms with E-state index >= 15 is 0 Å². The molecular weight excluding hydrogens is 390 g/mol. The largest absolute Gasteiger partial charge is 0.490 e. The summed E-state index contributed by atoms with van der Waals surface area (Å²) >= 11 is 0. The molecule has 0 aliphatic carbocycles. The quantitative estimate of drug-likeness (QED) is 0.429. The van der Waals surface area contributed by atoms with Gasteiger partial charge in [-0.1, -0.05) is 30.3 Å². The van der Waals surface area contributed by atoms with Gasteiger partial charge in [0.25, 0.3) is 0 Å². The Labute approximate surface area is 173 Å². The molecule has 2 N–H and O–H groups in total. The van der Waals surface area contributed by atoms with Gasteiger partial charge >= 0.3 is 6.61 Å². The van der Waals surface area contributed by atoms with E-state index in [1.54, 1.807) is 38.4 Å². The number of hydrogen-bond donors (Lipinski definition) is 2. The molecule has 0 spiro atoms. The highest BCUT2D eigenvalue weighted by Crippen LogP contribution is 2.32. The molecule has 1 aromatic heterocycles. The number of aromatic nitrogens is 1. The monoisotopic (exact) mass is 414 g/mol. The molecule has 0 amide bonds. The molecule has 0 saturated carbocycles. The first kappa shape index (κ1) is 21.3. The predicted molar refractivity (Wildman–Crippen MR) is 113 cm³/mol. The molecule has 0 bridgehead atoms. The summed E-state index contributed by atoms with van der Waals surface area (Å²) in [5.74, 6) is 0.835. The smallest absolute Gasteiger partial charge is 0.387 e. The molecule has 0 saturated heterocycles. The normalized spacial score (nSPS) is 11.6. The van der Waals surface area contributed by atoms with Gasteiger partial charge in [-0.3, -0.25) is 9.98 Å². The van der Waals surface area contributed by atoms with Crippen molar-refractivity contribution in [1.29, 1.82) is 0 Å². The van der Waals surface area contributed by atoms with Crippen LogP contribution in [-0.4, -0.2) is 31.2 Å². The van der Waals surface area contributed by atoms with Crippen molar-refractivity contribution in [2.45, 2.75) is 26.6 Å². The van der Waals surface area contributed by atoms with Gasteiger partial charge in [0.15, 0.2) is 17.5 Å². The summed E-state index contributed by atoms with van der Waals surface area (Å²) in [6.07, 6.45) is 1.77. The minimum atomic E-state index is -2.94. The molecule has 3 aromatic rings. The summed E-state index contributed by atoms with van der Waals surface area (Å²) in [6, 6.07) is 14.9. The number of benzene rings is 2. The lowest BCUT2D eigenvalue weighted by molar-refractivity contribution is -0.0520. The maximum atomic E-state index is 12.9. The fourth-order valence-electron chi connectivity index (χ4n) is 3.08. The first-order chi connectivity index (χ1) is 14.6. The van der Waals surface area contributed by atoms with Crippen molar-refractivity contribution in [2.75, 3.05) is 13.7 Å². The van der Waals surface area contributed by atoms with Crippen LogP contribution in [0.5, 0.6) is 11.5 Å². The van der Waals surface area contributed by atoms with Crippen molar-refractivity contribution in [3.05, 3.63) is 65.9 Å². The van der Waals surface area contributed by atoms with Gasteiger partial charge in [0.05, 0.1) is 12.1 Å². The van der Waals surface area contributed by atoms with Gasteiger partial charge in [0.1, 0.15) is 0 Å². The summed E-state index contributed by atoms with van der Waals surface area (Å²) in [6.45, 7) is -0.0460. The van der Waals surface area contributed by atoms with Crippen LogP contribution >= 0.6 is 0 Å². The van der Waals surface area contributed by atoms with E-state index < -0.39 is 6.61 Å². The molecule has 0 unspecified atom stereocenters. The third kappa shape index (κ3) is 5.34. The van der Waals surface area contributed by atoms with E-state index in [4.69, 9.17) is 9.47 Å². The Morgan fingerprint density at radius 3 is 2.53 bits per heavy atom. The summed E-state index contributed by atoms with van der Waals surface area (Å²) in [5, 5.41) is 7.42. The standard InChI is InChI=1S/C22H24F2N4O2/c1-3-29-19-10-6-7-16(20(19)30-21(23)24)14-28-22(25-2)27-13-15-11-12-26-18-9-5-4-8-17(15)18/h4-12,21H,3,13-14H2,1-2H3,(H2,25,27,28). The number of nitrogens with one attached hydrogen (secondary N) is 2. The zero-order chi connectivity index (χ0) is 21.3. The first-order valence-corrected chi connectivity index (χ1v) is 9.59. The molecule has 0 radical (unpaired) electrons. The van der Waals surface area contributed by atoms with E-state index in [2.05, 4.69) is 20.6 Å². The number of halogens is 2. The predicted octanol–water partition coefficient (Wildman–Crippen LogP) is 4.10. The van der Waals surface area contributed by atoms with Crippen molar-refractivity contribution in [1.82, 2.24) is 15.6 Å². The fourth-order valence-corrected chi connectivity index (χ4v) is 3.08. The number of ether oxygens (including phenoxy) is 2. The maximum absolute atomic E-state index is 12.9. The molecule has 6 nitrogen and oxygen atoms in total. The van der Waals surface area contributed by atoms with Crippen LogP contribution in [0.15, 0.2) is 59.7 Å². The molecule has 30 heavy (non-hydrogen) atoms. The molecule has 8 heteroatoms. The van der Waals surface area contributed by atoms with E-state index in [-0.39, 0.29) is 18.0 Å². The van der Waals surface area contributed by atoms with E-state index in [1.807, 2.05) is 30.3 Å². The molecular formula is C22H24F2N4O2. The number of nitrogens with zero attached hydrogens (tertiary/aromatic N) is 2. The van der Waals surface area contributed by atoms with Gasteiger partial charge in [-0.2, -0.15) is 8.78 Å². The van der Waals surface area contributed by atoms with Gasteiger partial charge in [-0.25, -0.2) is 0 Å². The highest BCUT2D eigenvalue weighted by molar-refractivity contribution is 5.83. The first-order valence-electron chi connectivity index (χ1n) is 9.59. The lowest BCUT2D eigenvalue weighted by Gasteiger charge is -2.17. The van der Waals surface area contributed by atoms with Crippen molar-refractivity contribution in [3.8, 4) is 11.5 Å². The van der Waals surface area contributed by atoms with Crippen LogP contribution in [0, 0.1) is 0 Å². The number of rotatable bonds is 8. The minimum Gasteiger partial charge on any atom is -0.490 e. The number of guanidine groups is 1. The molecule has 0 aliphatic rings. The second-order valence-electron chi connectivity index (χ2n) is 6.32. The molecule has 158 valence electrons. The number of para-hydroxylation sites is 2. The highest BCUT2D eigenvalue weighted by atomic mass is 19.3. The highest BCUT2D eigenvalue weighted by Gasteiger charge is 2.16. The Balaban J connectivity index is 1.69. The molecule has 0 aliphatic heterocycles. The molecule has 2 aromatic carbocycles. The number of hydrogen-bond acceptors (Lipinski definition) is 4. The van der Waals surface area contributed by atoms with Crippen LogP contribution in [-0.2, 0) is 13.1 Å². The van der Waals surface area contributed by atoms with Crippen LogP contribution in [0.4, 0.5) is 8.78 Å². The number of aliphatic imine (C=N–C) groups is 1. The Bertz CT molecular complexity index is 1010. The lowest BCUT2D eigenvalue weighted by Crippen LogP contribution is -2.36. The van der Waals surface area contributed by atoms with E-state index in [1.165, 1.54) is 0 Å². The average molecular weight is 414 g/mol. The van der Waals surface area contributed by atoms with Gasteiger partial charge in [-0.15, -0.1) is 0 Å². The summed E-state index contributed by atoms with van der Waals surface area (Å²) < 4.78 is 35.9. The topological polar surface area (TPSA) is 67.8 Å². The van der Waals surface area contributed by atoms with E-state index in [0.29, 0.717) is 24.7 Å². The molecule has 3 rings (SSSR count). The van der Waals surface area contributed by atoms with Crippen LogP contribution in [0.25, 0.3) is 10.9 Å². The zero-order valence-electron chi connectivity index (χ0n) is 16.9. The second-order valence-corrected chi connectivity index (χ2v) is 6.32. The Kier molecular flexibility index (Phi) is 7.37. The van der Waals surface area contributed by atoms with Gasteiger partial charge in [0.2, 0.25) is 0 Å². The Hall–Kier alpha value is -3.42. The lowest BCUT2D eigenvalue weighted by atomic mass is 10.1. The number of alkyl halides is 2. The van der Waals surface area contributed by atoms with Crippen LogP contribution in [0.1, 0.15) is 18.1 Å². The SMILES string of the molecule is CCOc1cccc(CNC(=NC)NCc2ccnc3ccccc23)c1OC(F)F. The minimum absolute atomic E-state index is 0.0254. The Morgan fingerprint density at radius 1 is 1.03 bits per heavy atom. The van der Waals surface area contributed by atoms with Crippen LogP contribution in [0.3, 0.4) is 0 Å². The molecule has 1 heterocycles. The van der Waals surface area contributed by atoms with E-state index in [9.17, 15) is 8.78 Å². The fraction of sp³-hybridized carbons (Fsp3) is 0.273. The summed E-state index contributed by atoms with van der Waals surface area (Å²) in [4.78, 5) is 8.57. The number of pyridine rings is 1. The zero-order valence-corrected chi connectivity index (χ0v) is 16.9. The van der Waals surface area contributed by atoms with Crippen LogP contribution in [0.2, 0.25) is 0 Å². The molecule has 0 atom stereocenters. The maximum Gasteiger partial charge on any atom is 0.387 e. The third-order valence-corrected chi connectivity index (χ3v) is 4.42. The van der Waals surface area contributed by atoms with Crippen molar-refractivity contribution < 1.29 is 18.3 Å². The summed E-state index contributed by atoms with van der Waals surface area (Å²) in [7, 11) is 1.65. The van der Waals surface area contributed by atoms with Gasteiger partial charge < -0.3 is 20.1 Å². The van der Waals surface area contributed by atoms with Crippen molar-refractivity contribution >= 4 is 16.9 Å². The van der Waals surface area contributed by atoms with Crippen LogP contribution < -0.4 is 20.1 Å². The average Bonchev–Trinajstić information content (AvgIpc) is 2.75. The second kappa shape index (κ2) is 10.4. The van der Waals surface area contributed by atoms with Gasteiger partial charge in [0, 0.05) is 37.3 Å². The van der Waals surface area contributed by atoms with Gasteiger partial charge in [-0.05, 0) is 30.7 Å². The summed E-state index contributed by atoms with van der Waals surface area (Å²) in [5.41, 5.74) is 2.53. The van der Waals surface area contributed by atoms with E-state index in [0.717, 1.165) is 16.5 Å².